The zero-order chi connectivity index (χ0) is 20.9. The van der Waals surface area contributed by atoms with Crippen LogP contribution in [0.2, 0.25) is 0 Å². The zero-order valence-corrected chi connectivity index (χ0v) is 17.0. The second-order valence-electron chi connectivity index (χ2n) is 6.82. The Hall–Kier alpha value is -2.72. The van der Waals surface area contributed by atoms with E-state index in [2.05, 4.69) is 10.3 Å². The second-order valence-corrected chi connectivity index (χ2v) is 8.75. The number of nitro groups is 1. The van der Waals surface area contributed by atoms with Gasteiger partial charge in [-0.2, -0.15) is 4.31 Å². The maximum atomic E-state index is 12.9. The molecule has 3 rings (SSSR count). The quantitative estimate of drug-likeness (QED) is 0.540. The fourth-order valence-corrected chi connectivity index (χ4v) is 4.77. The van der Waals surface area contributed by atoms with E-state index in [0.717, 1.165) is 37.3 Å². The van der Waals surface area contributed by atoms with E-state index in [1.807, 2.05) is 0 Å². The van der Waals surface area contributed by atoms with Crippen LogP contribution in [0.4, 0.5) is 11.4 Å². The number of ether oxygens (including phenoxy) is 1. The van der Waals surface area contributed by atoms with Crippen molar-refractivity contribution in [3.63, 3.8) is 0 Å². The molecular formula is C19H24N4O5S. The minimum atomic E-state index is -3.76. The highest BCUT2D eigenvalue weighted by molar-refractivity contribution is 7.89. The SMILES string of the molecule is COc1ccc(CNc2ccc(S(=O)(=O)N3CCCCCC3)cc2[N+](=O)[O-])cn1. The number of pyridine rings is 1. The van der Waals surface area contributed by atoms with Crippen LogP contribution in [-0.4, -0.2) is 42.8 Å². The molecule has 0 saturated carbocycles. The first-order valence-electron chi connectivity index (χ1n) is 9.43. The molecule has 0 spiro atoms. The number of nitrogens with one attached hydrogen (secondary N) is 1. The Balaban J connectivity index is 1.81. The van der Waals surface area contributed by atoms with E-state index in [0.29, 0.717) is 25.5 Å². The number of benzene rings is 1. The van der Waals surface area contributed by atoms with E-state index >= 15 is 0 Å². The molecule has 156 valence electrons. The van der Waals surface area contributed by atoms with Gasteiger partial charge < -0.3 is 10.1 Å². The number of methoxy groups -OCH3 is 1. The third-order valence-electron chi connectivity index (χ3n) is 4.86. The molecule has 0 radical (unpaired) electrons. The maximum absolute atomic E-state index is 12.9. The molecule has 10 heteroatoms. The third-order valence-corrected chi connectivity index (χ3v) is 6.75. The summed E-state index contributed by atoms with van der Waals surface area (Å²) in [6.45, 7) is 1.19. The molecule has 9 nitrogen and oxygen atoms in total. The van der Waals surface area contributed by atoms with Gasteiger partial charge in [-0.3, -0.25) is 10.1 Å². The van der Waals surface area contributed by atoms with Gasteiger partial charge in [-0.15, -0.1) is 0 Å². The Labute approximate surface area is 169 Å². The fraction of sp³-hybridized carbons (Fsp3) is 0.421. The molecule has 1 N–H and O–H groups in total. The molecule has 2 aromatic rings. The number of sulfonamides is 1. The van der Waals surface area contributed by atoms with Gasteiger partial charge in [-0.1, -0.05) is 18.9 Å². The number of nitrogens with zero attached hydrogens (tertiary/aromatic N) is 3. The van der Waals surface area contributed by atoms with E-state index in [1.165, 1.54) is 23.5 Å². The van der Waals surface area contributed by atoms with Gasteiger partial charge in [0, 0.05) is 38.0 Å². The second kappa shape index (κ2) is 9.19. The van der Waals surface area contributed by atoms with Crippen LogP contribution in [-0.2, 0) is 16.6 Å². The molecule has 1 aliphatic rings. The first-order chi connectivity index (χ1) is 13.9. The molecule has 0 aliphatic carbocycles. The van der Waals surface area contributed by atoms with E-state index in [9.17, 15) is 18.5 Å². The van der Waals surface area contributed by atoms with E-state index < -0.39 is 14.9 Å². The molecule has 1 aliphatic heterocycles. The van der Waals surface area contributed by atoms with Crippen molar-refractivity contribution < 1.29 is 18.1 Å². The number of aromatic nitrogens is 1. The summed E-state index contributed by atoms with van der Waals surface area (Å²) in [4.78, 5) is 15.0. The van der Waals surface area contributed by atoms with Gasteiger partial charge in [-0.05, 0) is 30.5 Å². The smallest absolute Gasteiger partial charge is 0.293 e. The summed E-state index contributed by atoms with van der Waals surface area (Å²) in [5.41, 5.74) is 0.782. The largest absolute Gasteiger partial charge is 0.481 e. The Bertz CT molecular complexity index is 955. The van der Waals surface area contributed by atoms with Crippen LogP contribution in [0, 0.1) is 10.1 Å². The summed E-state index contributed by atoms with van der Waals surface area (Å²) in [7, 11) is -2.24. The van der Waals surface area contributed by atoms with E-state index in [1.54, 1.807) is 18.3 Å². The van der Waals surface area contributed by atoms with Crippen molar-refractivity contribution in [2.75, 3.05) is 25.5 Å². The minimum Gasteiger partial charge on any atom is -0.481 e. The summed E-state index contributed by atoms with van der Waals surface area (Å²) < 4.78 is 32.3. The lowest BCUT2D eigenvalue weighted by atomic mass is 10.2. The minimum absolute atomic E-state index is 0.0530. The highest BCUT2D eigenvalue weighted by Gasteiger charge is 2.28. The summed E-state index contributed by atoms with van der Waals surface area (Å²) in [5.74, 6) is 0.475. The molecule has 1 aromatic carbocycles. The van der Waals surface area contributed by atoms with Gasteiger partial charge in [-0.25, -0.2) is 13.4 Å². The van der Waals surface area contributed by atoms with Crippen LogP contribution in [0.25, 0.3) is 0 Å². The molecule has 2 heterocycles. The Morgan fingerprint density at radius 2 is 1.90 bits per heavy atom. The molecule has 1 fully saturated rings. The summed E-state index contributed by atoms with van der Waals surface area (Å²) in [5, 5.41) is 14.5. The highest BCUT2D eigenvalue weighted by atomic mass is 32.2. The van der Waals surface area contributed by atoms with Crippen LogP contribution in [0.3, 0.4) is 0 Å². The standard InChI is InChI=1S/C19H24N4O5S/c1-28-19-9-6-15(14-21-19)13-20-17-8-7-16(12-18(17)23(24)25)29(26,27)22-10-4-2-3-5-11-22/h6-9,12,14,20H,2-5,10-11,13H2,1H3. The van der Waals surface area contributed by atoms with Gasteiger partial charge >= 0.3 is 0 Å². The van der Waals surface area contributed by atoms with Crippen molar-refractivity contribution in [1.82, 2.24) is 9.29 Å². The van der Waals surface area contributed by atoms with Crippen LogP contribution in [0.5, 0.6) is 5.88 Å². The average Bonchev–Trinajstić information content (AvgIpc) is 3.02. The molecular weight excluding hydrogens is 396 g/mol. The predicted octanol–water partition coefficient (Wildman–Crippen LogP) is 3.18. The monoisotopic (exact) mass is 420 g/mol. The Morgan fingerprint density at radius 3 is 2.48 bits per heavy atom. The molecule has 1 aromatic heterocycles. The third kappa shape index (κ3) is 5.01. The van der Waals surface area contributed by atoms with Crippen molar-refractivity contribution in [3.8, 4) is 5.88 Å². The lowest BCUT2D eigenvalue weighted by Crippen LogP contribution is -2.32. The van der Waals surface area contributed by atoms with Crippen LogP contribution in [0.15, 0.2) is 41.4 Å². The maximum Gasteiger partial charge on any atom is 0.293 e. The summed E-state index contributed by atoms with van der Waals surface area (Å²) >= 11 is 0. The molecule has 0 unspecified atom stereocenters. The number of hydrogen-bond acceptors (Lipinski definition) is 7. The lowest BCUT2D eigenvalue weighted by molar-refractivity contribution is -0.384. The number of anilines is 1. The normalized spacial score (nSPS) is 15.5. The topological polar surface area (TPSA) is 115 Å². The van der Waals surface area contributed by atoms with Gasteiger partial charge in [0.1, 0.15) is 5.69 Å². The first kappa shape index (κ1) is 21.0. The van der Waals surface area contributed by atoms with Gasteiger partial charge in [0.25, 0.3) is 5.69 Å². The Morgan fingerprint density at radius 1 is 1.17 bits per heavy atom. The zero-order valence-electron chi connectivity index (χ0n) is 16.2. The number of hydrogen-bond donors (Lipinski definition) is 1. The summed E-state index contributed by atoms with van der Waals surface area (Å²) in [6.07, 6.45) is 5.20. The van der Waals surface area contributed by atoms with Crippen molar-refractivity contribution in [2.45, 2.75) is 37.1 Å². The summed E-state index contributed by atoms with van der Waals surface area (Å²) in [6, 6.07) is 7.49. The average molecular weight is 420 g/mol. The molecule has 0 bridgehead atoms. The van der Waals surface area contributed by atoms with Crippen LogP contribution in [0.1, 0.15) is 31.2 Å². The van der Waals surface area contributed by atoms with Crippen molar-refractivity contribution in [1.29, 1.82) is 0 Å². The van der Waals surface area contributed by atoms with Crippen molar-refractivity contribution in [3.05, 3.63) is 52.2 Å². The van der Waals surface area contributed by atoms with Crippen LogP contribution < -0.4 is 10.1 Å². The van der Waals surface area contributed by atoms with E-state index in [4.69, 9.17) is 4.74 Å². The van der Waals surface area contributed by atoms with E-state index in [-0.39, 0.29) is 16.3 Å². The highest BCUT2D eigenvalue weighted by Crippen LogP contribution is 2.30. The molecule has 0 atom stereocenters. The Kier molecular flexibility index (Phi) is 6.65. The van der Waals surface area contributed by atoms with Crippen molar-refractivity contribution >= 4 is 21.4 Å². The van der Waals surface area contributed by atoms with Gasteiger partial charge in [0.05, 0.1) is 16.9 Å². The molecule has 29 heavy (non-hydrogen) atoms. The first-order valence-corrected chi connectivity index (χ1v) is 10.9. The molecule has 0 amide bonds. The predicted molar refractivity (Wildman–Crippen MR) is 108 cm³/mol. The van der Waals surface area contributed by atoms with Gasteiger partial charge in [0.15, 0.2) is 0 Å². The number of nitro benzene ring substituents is 1. The van der Waals surface area contributed by atoms with Crippen molar-refractivity contribution in [2.24, 2.45) is 0 Å². The van der Waals surface area contributed by atoms with Gasteiger partial charge in [0.2, 0.25) is 15.9 Å². The molecule has 1 saturated heterocycles. The lowest BCUT2D eigenvalue weighted by Gasteiger charge is -2.20. The van der Waals surface area contributed by atoms with Crippen LogP contribution >= 0.6 is 0 Å². The fourth-order valence-electron chi connectivity index (χ4n) is 3.24. The number of rotatable bonds is 7.